The van der Waals surface area contributed by atoms with Gasteiger partial charge in [0.05, 0.1) is 6.04 Å². The van der Waals surface area contributed by atoms with Gasteiger partial charge in [0.25, 0.3) is 5.91 Å². The van der Waals surface area contributed by atoms with Crippen molar-refractivity contribution in [2.75, 3.05) is 20.6 Å². The fraction of sp³-hybridized carbons (Fsp3) is 0.381. The lowest BCUT2D eigenvalue weighted by molar-refractivity contribution is 0.0605. The number of carbonyl (C=O) groups is 1. The molecule has 1 aliphatic rings. The van der Waals surface area contributed by atoms with Crippen molar-refractivity contribution in [3.05, 3.63) is 65.6 Å². The number of carbonyl (C=O) groups excluding carboxylic acids is 1. The van der Waals surface area contributed by atoms with Crippen LogP contribution in [-0.4, -0.2) is 50.9 Å². The third kappa shape index (κ3) is 3.71. The van der Waals surface area contributed by atoms with Gasteiger partial charge in [-0.2, -0.15) is 5.10 Å². The number of benzene rings is 1. The Balaban J connectivity index is 1.59. The van der Waals surface area contributed by atoms with Crippen LogP contribution in [0.1, 0.15) is 46.9 Å². The first-order chi connectivity index (χ1) is 13.1. The summed E-state index contributed by atoms with van der Waals surface area (Å²) in [5.41, 5.74) is 3.64. The molecule has 1 aromatic carbocycles. The quantitative estimate of drug-likeness (QED) is 0.714. The zero-order valence-corrected chi connectivity index (χ0v) is 15.9. The number of aromatic nitrogens is 3. The summed E-state index contributed by atoms with van der Waals surface area (Å²) in [5, 5.41) is 4.42. The molecule has 1 fully saturated rings. The standard InChI is InChI=1S/C21H25N5O/c1-24(2)15-16-7-9-17(10-8-16)19-6-3-4-12-25(19)21(27)18-14-20-22-11-5-13-26(20)23-18/h5,7-11,13-14,19H,3-4,6,12,15H2,1-2H3/t19-/m0/s1. The summed E-state index contributed by atoms with van der Waals surface area (Å²) in [4.78, 5) is 21.6. The molecule has 0 saturated carbocycles. The van der Waals surface area contributed by atoms with Gasteiger partial charge in [0.2, 0.25) is 0 Å². The second-order valence-electron chi connectivity index (χ2n) is 7.44. The highest BCUT2D eigenvalue weighted by molar-refractivity contribution is 5.93. The van der Waals surface area contributed by atoms with Crippen LogP contribution in [-0.2, 0) is 6.54 Å². The summed E-state index contributed by atoms with van der Waals surface area (Å²) in [5.74, 6) is -0.0115. The van der Waals surface area contributed by atoms with Crippen molar-refractivity contribution in [2.24, 2.45) is 0 Å². The number of nitrogens with zero attached hydrogens (tertiary/aromatic N) is 5. The molecule has 6 nitrogen and oxygen atoms in total. The van der Waals surface area contributed by atoms with Gasteiger partial charge in [-0.3, -0.25) is 4.79 Å². The molecule has 0 N–H and O–H groups in total. The number of piperidine rings is 1. The van der Waals surface area contributed by atoms with E-state index in [0.717, 1.165) is 32.4 Å². The summed E-state index contributed by atoms with van der Waals surface area (Å²) in [6.07, 6.45) is 6.69. The largest absolute Gasteiger partial charge is 0.330 e. The van der Waals surface area contributed by atoms with Gasteiger partial charge in [-0.1, -0.05) is 24.3 Å². The molecule has 0 radical (unpaired) electrons. The number of rotatable bonds is 4. The lowest BCUT2D eigenvalue weighted by atomic mass is 9.94. The first-order valence-corrected chi connectivity index (χ1v) is 9.47. The van der Waals surface area contributed by atoms with Crippen LogP contribution in [0.5, 0.6) is 0 Å². The number of fused-ring (bicyclic) bond motifs is 1. The second-order valence-corrected chi connectivity index (χ2v) is 7.44. The van der Waals surface area contributed by atoms with Crippen molar-refractivity contribution in [1.82, 2.24) is 24.4 Å². The van der Waals surface area contributed by atoms with Crippen molar-refractivity contribution < 1.29 is 4.79 Å². The number of hydrogen-bond donors (Lipinski definition) is 0. The summed E-state index contributed by atoms with van der Waals surface area (Å²) >= 11 is 0. The lowest BCUT2D eigenvalue weighted by Gasteiger charge is -2.35. The molecule has 6 heteroatoms. The summed E-state index contributed by atoms with van der Waals surface area (Å²) in [7, 11) is 4.14. The molecule has 1 atom stereocenters. The average Bonchev–Trinajstić information content (AvgIpc) is 3.12. The molecule has 2 aromatic heterocycles. The van der Waals surface area contributed by atoms with Crippen LogP contribution in [0.2, 0.25) is 0 Å². The van der Waals surface area contributed by atoms with E-state index in [9.17, 15) is 4.79 Å². The van der Waals surface area contributed by atoms with Gasteiger partial charge in [-0.15, -0.1) is 0 Å². The van der Waals surface area contributed by atoms with E-state index < -0.39 is 0 Å². The van der Waals surface area contributed by atoms with Crippen LogP contribution in [0.15, 0.2) is 48.8 Å². The van der Waals surface area contributed by atoms with Crippen LogP contribution in [0, 0.1) is 0 Å². The van der Waals surface area contributed by atoms with E-state index in [1.54, 1.807) is 16.8 Å². The highest BCUT2D eigenvalue weighted by Crippen LogP contribution is 2.32. The van der Waals surface area contributed by atoms with Crippen LogP contribution >= 0.6 is 0 Å². The van der Waals surface area contributed by atoms with Gasteiger partial charge in [0, 0.05) is 31.5 Å². The van der Waals surface area contributed by atoms with E-state index >= 15 is 0 Å². The predicted molar refractivity (Wildman–Crippen MR) is 104 cm³/mol. The molecule has 140 valence electrons. The summed E-state index contributed by atoms with van der Waals surface area (Å²) in [6.45, 7) is 1.69. The van der Waals surface area contributed by atoms with Crippen molar-refractivity contribution in [2.45, 2.75) is 31.8 Å². The highest BCUT2D eigenvalue weighted by atomic mass is 16.2. The van der Waals surface area contributed by atoms with Gasteiger partial charge in [-0.25, -0.2) is 9.50 Å². The van der Waals surface area contributed by atoms with E-state index in [-0.39, 0.29) is 11.9 Å². The van der Waals surface area contributed by atoms with Crippen LogP contribution < -0.4 is 0 Å². The maximum Gasteiger partial charge on any atom is 0.274 e. The Kier molecular flexibility index (Phi) is 4.90. The third-order valence-electron chi connectivity index (χ3n) is 5.08. The van der Waals surface area contributed by atoms with Crippen molar-refractivity contribution >= 4 is 11.6 Å². The predicted octanol–water partition coefficient (Wildman–Crippen LogP) is 3.16. The van der Waals surface area contributed by atoms with E-state index in [1.807, 2.05) is 17.2 Å². The van der Waals surface area contributed by atoms with Crippen molar-refractivity contribution in [3.8, 4) is 0 Å². The minimum Gasteiger partial charge on any atom is -0.330 e. The molecule has 1 saturated heterocycles. The van der Waals surface area contributed by atoms with E-state index in [2.05, 4.69) is 53.3 Å². The maximum atomic E-state index is 13.2. The Morgan fingerprint density at radius 3 is 2.78 bits per heavy atom. The first-order valence-electron chi connectivity index (χ1n) is 9.47. The number of hydrogen-bond acceptors (Lipinski definition) is 4. The minimum absolute atomic E-state index is 0.0115. The molecule has 0 bridgehead atoms. The third-order valence-corrected chi connectivity index (χ3v) is 5.08. The Morgan fingerprint density at radius 1 is 1.22 bits per heavy atom. The molecule has 0 unspecified atom stereocenters. The smallest absolute Gasteiger partial charge is 0.274 e. The zero-order valence-electron chi connectivity index (χ0n) is 15.9. The van der Waals surface area contributed by atoms with E-state index in [0.29, 0.717) is 11.3 Å². The van der Waals surface area contributed by atoms with E-state index in [1.165, 1.54) is 11.1 Å². The maximum absolute atomic E-state index is 13.2. The summed E-state index contributed by atoms with van der Waals surface area (Å²) in [6, 6.07) is 12.4. The van der Waals surface area contributed by atoms with Crippen LogP contribution in [0.3, 0.4) is 0 Å². The minimum atomic E-state index is -0.0115. The molecule has 4 rings (SSSR count). The normalized spacial score (nSPS) is 17.6. The second kappa shape index (κ2) is 7.48. The van der Waals surface area contributed by atoms with Gasteiger partial charge in [0.1, 0.15) is 0 Å². The van der Waals surface area contributed by atoms with Gasteiger partial charge < -0.3 is 9.80 Å². The molecule has 27 heavy (non-hydrogen) atoms. The first kappa shape index (κ1) is 17.7. The SMILES string of the molecule is CN(C)Cc1ccc([C@@H]2CCCCN2C(=O)c2cc3ncccn3n2)cc1. The van der Waals surface area contributed by atoms with Crippen LogP contribution in [0.4, 0.5) is 0 Å². The molecular formula is C21H25N5O. The fourth-order valence-electron chi connectivity index (χ4n) is 3.81. The molecule has 0 aliphatic carbocycles. The Labute approximate surface area is 159 Å². The monoisotopic (exact) mass is 363 g/mol. The topological polar surface area (TPSA) is 53.7 Å². The van der Waals surface area contributed by atoms with Gasteiger partial charge in [-0.05, 0) is 50.6 Å². The molecule has 1 aliphatic heterocycles. The molecule has 0 spiro atoms. The number of likely N-dealkylation sites (tertiary alicyclic amines) is 1. The van der Waals surface area contributed by atoms with Crippen molar-refractivity contribution in [1.29, 1.82) is 0 Å². The van der Waals surface area contributed by atoms with Crippen molar-refractivity contribution in [3.63, 3.8) is 0 Å². The van der Waals surface area contributed by atoms with Gasteiger partial charge >= 0.3 is 0 Å². The highest BCUT2D eigenvalue weighted by Gasteiger charge is 2.30. The molecule has 3 aromatic rings. The Bertz CT molecular complexity index is 898. The Morgan fingerprint density at radius 2 is 2.04 bits per heavy atom. The molecular weight excluding hydrogens is 338 g/mol. The lowest BCUT2D eigenvalue weighted by Crippen LogP contribution is -2.38. The fourth-order valence-corrected chi connectivity index (χ4v) is 3.81. The van der Waals surface area contributed by atoms with Gasteiger partial charge in [0.15, 0.2) is 11.3 Å². The Hall–Kier alpha value is -2.73. The zero-order chi connectivity index (χ0) is 18.8. The van der Waals surface area contributed by atoms with E-state index in [4.69, 9.17) is 0 Å². The molecule has 1 amide bonds. The molecule has 3 heterocycles. The number of amides is 1. The average molecular weight is 363 g/mol. The summed E-state index contributed by atoms with van der Waals surface area (Å²) < 4.78 is 1.65. The van der Waals surface area contributed by atoms with Crippen LogP contribution in [0.25, 0.3) is 5.65 Å².